The quantitative estimate of drug-likeness (QED) is 0.533. The molecule has 5 fully saturated rings. The summed E-state index contributed by atoms with van der Waals surface area (Å²) in [7, 11) is 0. The van der Waals surface area contributed by atoms with E-state index in [1.54, 1.807) is 0 Å². The van der Waals surface area contributed by atoms with Crippen LogP contribution in [0.25, 0.3) is 0 Å². The Labute approximate surface area is 208 Å². The first-order chi connectivity index (χ1) is 16.3. The zero-order valence-electron chi connectivity index (χ0n) is 21.6. The fourth-order valence-corrected chi connectivity index (χ4v) is 9.96. The first-order valence-electron chi connectivity index (χ1n) is 14.0. The van der Waals surface area contributed by atoms with Crippen molar-refractivity contribution in [2.45, 2.75) is 109 Å². The second-order valence-electron chi connectivity index (χ2n) is 13.5. The fraction of sp³-hybridized carbons (Fsp3) is 0.964. The molecule has 1 saturated heterocycles. The average Bonchev–Trinajstić information content (AvgIpc) is 3.35. The van der Waals surface area contributed by atoms with Crippen LogP contribution in [0.4, 0.5) is 13.2 Å². The van der Waals surface area contributed by atoms with Gasteiger partial charge in [0.2, 0.25) is 5.91 Å². The van der Waals surface area contributed by atoms with Crippen molar-refractivity contribution in [2.75, 3.05) is 13.1 Å². The van der Waals surface area contributed by atoms with Crippen molar-refractivity contribution in [1.29, 1.82) is 0 Å². The standard InChI is InChI=1S/C28H44F3NO3/c1-17(23(33)16-32-14-4-5-24(32)34)20-8-9-21-19-7-6-18-15-27(35,28(29,30)31)13-12-25(18,2)22(19)10-11-26(20,21)3/h17-23,33,35H,4-16H2,1-3H3/t17-,18+,19-,20+,21-,22-,23+,25-,26+,27+/m0/s1. The van der Waals surface area contributed by atoms with Gasteiger partial charge in [0, 0.05) is 19.5 Å². The molecule has 7 heteroatoms. The van der Waals surface area contributed by atoms with Crippen LogP contribution in [0.3, 0.4) is 0 Å². The second-order valence-corrected chi connectivity index (χ2v) is 13.5. The van der Waals surface area contributed by atoms with E-state index in [0.29, 0.717) is 43.1 Å². The molecule has 1 amide bonds. The lowest BCUT2D eigenvalue weighted by Crippen LogP contribution is -2.59. The van der Waals surface area contributed by atoms with Crippen LogP contribution in [-0.4, -0.2) is 52.0 Å². The van der Waals surface area contributed by atoms with Crippen molar-refractivity contribution in [3.05, 3.63) is 0 Å². The number of fused-ring (bicyclic) bond motifs is 5. The van der Waals surface area contributed by atoms with Gasteiger partial charge in [0.15, 0.2) is 5.60 Å². The third kappa shape index (κ3) is 3.97. The molecule has 35 heavy (non-hydrogen) atoms. The molecule has 4 aliphatic carbocycles. The van der Waals surface area contributed by atoms with Crippen molar-refractivity contribution < 1.29 is 28.2 Å². The van der Waals surface area contributed by atoms with Crippen LogP contribution in [0.2, 0.25) is 0 Å². The Kier molecular flexibility index (Phi) is 6.35. The summed E-state index contributed by atoms with van der Waals surface area (Å²) in [5.41, 5.74) is -2.50. The van der Waals surface area contributed by atoms with Crippen LogP contribution in [0.15, 0.2) is 0 Å². The monoisotopic (exact) mass is 499 g/mol. The molecule has 10 atom stereocenters. The number of nitrogens with zero attached hydrogens (tertiary/aromatic N) is 1. The normalized spacial score (nSPS) is 47.7. The van der Waals surface area contributed by atoms with Crippen LogP contribution in [0, 0.1) is 46.3 Å². The van der Waals surface area contributed by atoms with Gasteiger partial charge in [-0.15, -0.1) is 0 Å². The molecular weight excluding hydrogens is 455 g/mol. The molecule has 5 aliphatic rings. The van der Waals surface area contributed by atoms with E-state index < -0.39 is 17.9 Å². The number of β-amino-alcohol motifs (C(OH)–C–C–N with tert-alkyl or cyclic N) is 1. The third-order valence-corrected chi connectivity index (χ3v) is 12.1. The minimum atomic E-state index is -4.55. The summed E-state index contributed by atoms with van der Waals surface area (Å²) < 4.78 is 40.8. The molecule has 2 N–H and O–H groups in total. The van der Waals surface area contributed by atoms with Gasteiger partial charge in [-0.25, -0.2) is 0 Å². The zero-order chi connectivity index (χ0) is 25.4. The Morgan fingerprint density at radius 3 is 2.40 bits per heavy atom. The van der Waals surface area contributed by atoms with Gasteiger partial charge in [0.25, 0.3) is 0 Å². The predicted octanol–water partition coefficient (Wildman–Crippen LogP) is 5.56. The molecule has 4 saturated carbocycles. The van der Waals surface area contributed by atoms with E-state index in [1.807, 2.05) is 4.90 Å². The lowest BCUT2D eigenvalue weighted by molar-refractivity contribution is -0.290. The number of aliphatic hydroxyl groups is 2. The number of amides is 1. The van der Waals surface area contributed by atoms with Crippen LogP contribution in [0.1, 0.15) is 91.4 Å². The zero-order valence-corrected chi connectivity index (χ0v) is 21.6. The molecule has 5 rings (SSSR count). The van der Waals surface area contributed by atoms with E-state index in [-0.39, 0.29) is 41.4 Å². The van der Waals surface area contributed by atoms with E-state index >= 15 is 0 Å². The third-order valence-electron chi connectivity index (χ3n) is 12.1. The topological polar surface area (TPSA) is 60.8 Å². The van der Waals surface area contributed by atoms with Crippen molar-refractivity contribution in [1.82, 2.24) is 4.90 Å². The van der Waals surface area contributed by atoms with Crippen molar-refractivity contribution in [3.63, 3.8) is 0 Å². The largest absolute Gasteiger partial charge is 0.417 e. The maximum atomic E-state index is 13.6. The Morgan fingerprint density at radius 2 is 1.74 bits per heavy atom. The lowest BCUT2D eigenvalue weighted by Gasteiger charge is -2.62. The van der Waals surface area contributed by atoms with E-state index in [4.69, 9.17) is 0 Å². The van der Waals surface area contributed by atoms with E-state index in [9.17, 15) is 28.2 Å². The SMILES string of the molecule is C[C@H]([C@H](O)CN1CCCC1=O)[C@H]1CC[C@H]2[C@@H]3CC[C@@H]4C[C@@](O)(C(F)(F)F)CC[C@]4(C)[C@H]3CC[C@]12C. The van der Waals surface area contributed by atoms with Crippen molar-refractivity contribution in [3.8, 4) is 0 Å². The molecule has 0 bridgehead atoms. The molecule has 1 aliphatic heterocycles. The summed E-state index contributed by atoms with van der Waals surface area (Å²) >= 11 is 0. The molecule has 200 valence electrons. The summed E-state index contributed by atoms with van der Waals surface area (Å²) in [6.07, 6.45) is 2.63. The molecule has 0 unspecified atom stereocenters. The van der Waals surface area contributed by atoms with Gasteiger partial charge in [-0.3, -0.25) is 4.79 Å². The van der Waals surface area contributed by atoms with Crippen LogP contribution in [0.5, 0.6) is 0 Å². The van der Waals surface area contributed by atoms with Gasteiger partial charge in [0.1, 0.15) is 0 Å². The Hall–Kier alpha value is -0.820. The van der Waals surface area contributed by atoms with Gasteiger partial charge >= 0.3 is 6.18 Å². The first kappa shape index (κ1) is 25.8. The maximum absolute atomic E-state index is 13.6. The fourth-order valence-electron chi connectivity index (χ4n) is 9.96. The highest BCUT2D eigenvalue weighted by molar-refractivity contribution is 5.78. The van der Waals surface area contributed by atoms with Gasteiger partial charge in [-0.05, 0) is 111 Å². The summed E-state index contributed by atoms with van der Waals surface area (Å²) in [5.74, 6) is 2.13. The lowest BCUT2D eigenvalue weighted by atomic mass is 9.43. The van der Waals surface area contributed by atoms with E-state index in [1.165, 1.54) is 0 Å². The molecule has 0 aromatic rings. The van der Waals surface area contributed by atoms with Crippen LogP contribution in [-0.2, 0) is 4.79 Å². The van der Waals surface area contributed by atoms with Gasteiger partial charge in [-0.1, -0.05) is 20.8 Å². The number of hydrogen-bond acceptors (Lipinski definition) is 3. The highest BCUT2D eigenvalue weighted by Crippen LogP contribution is 2.69. The number of carbonyl (C=O) groups excluding carboxylic acids is 1. The molecule has 0 spiro atoms. The van der Waals surface area contributed by atoms with Crippen LogP contribution < -0.4 is 0 Å². The Morgan fingerprint density at radius 1 is 1.03 bits per heavy atom. The summed E-state index contributed by atoms with van der Waals surface area (Å²) in [4.78, 5) is 13.9. The summed E-state index contributed by atoms with van der Waals surface area (Å²) in [6.45, 7) is 7.98. The number of halogens is 3. The molecular formula is C28H44F3NO3. The predicted molar refractivity (Wildman–Crippen MR) is 127 cm³/mol. The number of likely N-dealkylation sites (tertiary alicyclic amines) is 1. The molecule has 0 aromatic heterocycles. The number of alkyl halides is 3. The van der Waals surface area contributed by atoms with Crippen molar-refractivity contribution in [2.24, 2.45) is 46.3 Å². The highest BCUT2D eigenvalue weighted by Gasteiger charge is 2.65. The van der Waals surface area contributed by atoms with Gasteiger partial charge < -0.3 is 15.1 Å². The number of rotatable bonds is 4. The van der Waals surface area contributed by atoms with E-state index in [0.717, 1.165) is 51.5 Å². The molecule has 1 heterocycles. The Balaban J connectivity index is 1.30. The second kappa shape index (κ2) is 8.61. The summed E-state index contributed by atoms with van der Waals surface area (Å²) in [5, 5.41) is 21.5. The molecule has 0 aromatic carbocycles. The van der Waals surface area contributed by atoms with Crippen molar-refractivity contribution >= 4 is 5.91 Å². The minimum absolute atomic E-state index is 0.0653. The summed E-state index contributed by atoms with van der Waals surface area (Å²) in [6, 6.07) is 0. The maximum Gasteiger partial charge on any atom is 0.417 e. The average molecular weight is 500 g/mol. The van der Waals surface area contributed by atoms with E-state index in [2.05, 4.69) is 20.8 Å². The number of carbonyl (C=O) groups is 1. The highest BCUT2D eigenvalue weighted by atomic mass is 19.4. The van der Waals surface area contributed by atoms with Crippen LogP contribution >= 0.6 is 0 Å². The van der Waals surface area contributed by atoms with Gasteiger partial charge in [-0.2, -0.15) is 13.2 Å². The first-order valence-corrected chi connectivity index (χ1v) is 14.0. The molecule has 4 nitrogen and oxygen atoms in total. The van der Waals surface area contributed by atoms with Gasteiger partial charge in [0.05, 0.1) is 6.10 Å². The number of hydrogen-bond donors (Lipinski definition) is 2. The molecule has 0 radical (unpaired) electrons. The minimum Gasteiger partial charge on any atom is -0.391 e. The Bertz CT molecular complexity index is 835. The number of aliphatic hydroxyl groups excluding tert-OH is 1. The smallest absolute Gasteiger partial charge is 0.391 e.